The van der Waals surface area contributed by atoms with E-state index in [1.165, 1.54) is 12.0 Å². The first-order valence-electron chi connectivity index (χ1n) is 5.42. The summed E-state index contributed by atoms with van der Waals surface area (Å²) < 4.78 is 0. The minimum absolute atomic E-state index is 0.471. The van der Waals surface area contributed by atoms with Gasteiger partial charge in [-0.25, -0.2) is 0 Å². The van der Waals surface area contributed by atoms with E-state index in [2.05, 4.69) is 31.2 Å². The summed E-state index contributed by atoms with van der Waals surface area (Å²) in [5.41, 5.74) is 1.40. The first kappa shape index (κ1) is 12.3. The van der Waals surface area contributed by atoms with Gasteiger partial charge in [0.25, 0.3) is 0 Å². The Balaban J connectivity index is 2.09. The van der Waals surface area contributed by atoms with Crippen LogP contribution in [0.5, 0.6) is 0 Å². The molecule has 0 bridgehead atoms. The number of benzene rings is 1. The number of carbonyl (C=O) groups is 1. The Morgan fingerprint density at radius 2 is 2.07 bits per heavy atom. The molecule has 0 radical (unpaired) electrons. The Bertz CT molecular complexity index is 271. The second-order valence-corrected chi connectivity index (χ2v) is 5.22. The number of hydrogen-bond acceptors (Lipinski definition) is 2. The van der Waals surface area contributed by atoms with E-state index >= 15 is 0 Å². The van der Waals surface area contributed by atoms with Crippen LogP contribution in [0.4, 0.5) is 0 Å². The van der Waals surface area contributed by atoms with Gasteiger partial charge in [0.15, 0.2) is 0 Å². The summed E-state index contributed by atoms with van der Waals surface area (Å²) in [6, 6.07) is 10.5. The van der Waals surface area contributed by atoms with Gasteiger partial charge >= 0.3 is 0 Å². The summed E-state index contributed by atoms with van der Waals surface area (Å²) in [5, 5.41) is 0.471. The third-order valence-electron chi connectivity index (χ3n) is 2.28. The third-order valence-corrected chi connectivity index (χ3v) is 3.57. The molecule has 1 aromatic rings. The summed E-state index contributed by atoms with van der Waals surface area (Å²) in [6.45, 7) is 2.11. The average Bonchev–Trinajstić information content (AvgIpc) is 2.26. The number of carbonyl (C=O) groups excluding carboxylic acids is 1. The van der Waals surface area contributed by atoms with E-state index in [1.807, 2.05) is 17.8 Å². The van der Waals surface area contributed by atoms with Crippen LogP contribution in [0.3, 0.4) is 0 Å². The Morgan fingerprint density at radius 3 is 2.73 bits per heavy atom. The van der Waals surface area contributed by atoms with E-state index in [0.29, 0.717) is 11.7 Å². The van der Waals surface area contributed by atoms with Crippen molar-refractivity contribution in [2.45, 2.75) is 31.4 Å². The Hall–Kier alpha value is -0.760. The molecule has 0 aliphatic heterocycles. The van der Waals surface area contributed by atoms with Gasteiger partial charge in [0.2, 0.25) is 0 Å². The lowest BCUT2D eigenvalue weighted by atomic mass is 10.1. The van der Waals surface area contributed by atoms with Crippen molar-refractivity contribution in [3.8, 4) is 0 Å². The number of aldehydes is 1. The largest absolute Gasteiger partial charge is 0.303 e. The molecular formula is C13H18OS. The molecule has 0 spiro atoms. The van der Waals surface area contributed by atoms with Gasteiger partial charge in [-0.1, -0.05) is 37.3 Å². The Morgan fingerprint density at radius 1 is 1.33 bits per heavy atom. The Kier molecular flexibility index (Phi) is 6.17. The van der Waals surface area contributed by atoms with Crippen molar-refractivity contribution in [3.63, 3.8) is 0 Å². The molecule has 0 N–H and O–H groups in total. The maximum atomic E-state index is 10.3. The summed E-state index contributed by atoms with van der Waals surface area (Å²) in [5.74, 6) is 1.14. The lowest BCUT2D eigenvalue weighted by Gasteiger charge is -2.06. The highest BCUT2D eigenvalue weighted by molar-refractivity contribution is 7.99. The zero-order valence-corrected chi connectivity index (χ0v) is 10.0. The molecule has 0 aromatic heterocycles. The van der Waals surface area contributed by atoms with Crippen LogP contribution in [-0.2, 0) is 11.2 Å². The molecule has 0 aliphatic rings. The van der Waals surface area contributed by atoms with Crippen LogP contribution in [0.25, 0.3) is 0 Å². The molecule has 2 heteroatoms. The predicted octanol–water partition coefficient (Wildman–Crippen LogP) is 3.33. The van der Waals surface area contributed by atoms with Crippen LogP contribution >= 0.6 is 11.8 Å². The van der Waals surface area contributed by atoms with Crippen LogP contribution in [0.2, 0.25) is 0 Å². The van der Waals surface area contributed by atoms with Crippen LogP contribution in [0.15, 0.2) is 30.3 Å². The van der Waals surface area contributed by atoms with Gasteiger partial charge in [-0.05, 0) is 24.2 Å². The molecule has 1 atom stereocenters. The summed E-state index contributed by atoms with van der Waals surface area (Å²) in [6.07, 6.45) is 4.02. The maximum absolute atomic E-state index is 10.3. The normalized spacial score (nSPS) is 12.3. The number of rotatable bonds is 7. The maximum Gasteiger partial charge on any atom is 0.121 e. The van der Waals surface area contributed by atoms with E-state index in [0.717, 1.165) is 18.5 Å². The van der Waals surface area contributed by atoms with E-state index in [-0.39, 0.29) is 0 Å². The van der Waals surface area contributed by atoms with Gasteiger partial charge in [-0.3, -0.25) is 0 Å². The molecule has 15 heavy (non-hydrogen) atoms. The van der Waals surface area contributed by atoms with Gasteiger partial charge in [0, 0.05) is 11.7 Å². The molecule has 0 fully saturated rings. The third kappa shape index (κ3) is 5.63. The van der Waals surface area contributed by atoms with Crippen LogP contribution in [0, 0.1) is 0 Å². The molecule has 0 saturated carbocycles. The van der Waals surface area contributed by atoms with Gasteiger partial charge in [-0.2, -0.15) is 11.8 Å². The summed E-state index contributed by atoms with van der Waals surface area (Å²) >= 11 is 1.89. The average molecular weight is 222 g/mol. The fourth-order valence-electron chi connectivity index (χ4n) is 1.41. The highest BCUT2D eigenvalue weighted by Gasteiger charge is 2.00. The van der Waals surface area contributed by atoms with Crippen molar-refractivity contribution in [1.82, 2.24) is 0 Å². The second-order valence-electron chi connectivity index (χ2n) is 3.67. The van der Waals surface area contributed by atoms with Crippen LogP contribution < -0.4 is 0 Å². The minimum Gasteiger partial charge on any atom is -0.303 e. The predicted molar refractivity (Wildman–Crippen MR) is 67.4 cm³/mol. The molecule has 1 nitrogen and oxygen atoms in total. The first-order chi connectivity index (χ1) is 7.33. The zero-order chi connectivity index (χ0) is 10.9. The fourth-order valence-corrected chi connectivity index (χ4v) is 2.34. The lowest BCUT2D eigenvalue weighted by molar-refractivity contribution is -0.107. The lowest BCUT2D eigenvalue weighted by Crippen LogP contribution is -1.98. The van der Waals surface area contributed by atoms with Crippen molar-refractivity contribution in [1.29, 1.82) is 0 Å². The molecule has 0 aliphatic carbocycles. The van der Waals surface area contributed by atoms with Crippen molar-refractivity contribution in [3.05, 3.63) is 35.9 Å². The monoisotopic (exact) mass is 222 g/mol. The standard InChI is InChI=1S/C13H18OS/c1-12(9-10-14)15-11-5-8-13-6-3-2-4-7-13/h2-4,6-7,10,12H,5,8-9,11H2,1H3. The van der Waals surface area contributed by atoms with Gasteiger partial charge < -0.3 is 4.79 Å². The molecule has 0 heterocycles. The molecule has 1 rings (SSSR count). The van der Waals surface area contributed by atoms with Crippen LogP contribution in [0.1, 0.15) is 25.3 Å². The summed E-state index contributed by atoms with van der Waals surface area (Å²) in [4.78, 5) is 10.3. The van der Waals surface area contributed by atoms with Gasteiger partial charge in [0.05, 0.1) is 0 Å². The smallest absolute Gasteiger partial charge is 0.121 e. The second kappa shape index (κ2) is 7.52. The highest BCUT2D eigenvalue weighted by atomic mass is 32.2. The summed E-state index contributed by atoms with van der Waals surface area (Å²) in [7, 11) is 0. The minimum atomic E-state index is 0.471. The van der Waals surface area contributed by atoms with Gasteiger partial charge in [0.1, 0.15) is 6.29 Å². The highest BCUT2D eigenvalue weighted by Crippen LogP contribution is 2.15. The van der Waals surface area contributed by atoms with E-state index in [4.69, 9.17) is 0 Å². The number of aryl methyl sites for hydroxylation is 1. The number of hydrogen-bond donors (Lipinski definition) is 0. The molecule has 0 amide bonds. The first-order valence-corrected chi connectivity index (χ1v) is 6.47. The fraction of sp³-hybridized carbons (Fsp3) is 0.462. The molecule has 1 aromatic carbocycles. The molecule has 82 valence electrons. The van der Waals surface area contributed by atoms with Crippen LogP contribution in [-0.4, -0.2) is 17.3 Å². The Labute approximate surface area is 96.3 Å². The number of thioether (sulfide) groups is 1. The van der Waals surface area contributed by atoms with Crippen molar-refractivity contribution >= 4 is 18.0 Å². The molecule has 0 saturated heterocycles. The topological polar surface area (TPSA) is 17.1 Å². The van der Waals surface area contributed by atoms with E-state index < -0.39 is 0 Å². The van der Waals surface area contributed by atoms with Crippen molar-refractivity contribution in [2.75, 3.05) is 5.75 Å². The molecule has 1 unspecified atom stereocenters. The van der Waals surface area contributed by atoms with Crippen molar-refractivity contribution < 1.29 is 4.79 Å². The quantitative estimate of drug-likeness (QED) is 0.520. The zero-order valence-electron chi connectivity index (χ0n) is 9.19. The molecular weight excluding hydrogens is 204 g/mol. The van der Waals surface area contributed by atoms with E-state index in [9.17, 15) is 4.79 Å². The van der Waals surface area contributed by atoms with E-state index in [1.54, 1.807) is 0 Å². The SMILES string of the molecule is CC(CC=O)SCCCc1ccccc1. The van der Waals surface area contributed by atoms with Crippen molar-refractivity contribution in [2.24, 2.45) is 0 Å². The van der Waals surface area contributed by atoms with Gasteiger partial charge in [-0.15, -0.1) is 0 Å².